The maximum absolute atomic E-state index is 11.9. The second-order valence-electron chi connectivity index (χ2n) is 4.48. The van der Waals surface area contributed by atoms with Gasteiger partial charge in [0.15, 0.2) is 11.5 Å². The fraction of sp³-hybridized carbons (Fsp3) is 0.235. The Kier molecular flexibility index (Phi) is 5.64. The van der Waals surface area contributed by atoms with Crippen LogP contribution in [-0.4, -0.2) is 12.6 Å². The Balaban J connectivity index is 1.93. The van der Waals surface area contributed by atoms with Crippen molar-refractivity contribution in [3.05, 3.63) is 59.1 Å². The first-order valence-electron chi connectivity index (χ1n) is 6.86. The molecule has 0 radical (unpaired) electrons. The van der Waals surface area contributed by atoms with Crippen LogP contribution in [0.25, 0.3) is 0 Å². The molecule has 0 atom stereocenters. The molecule has 0 unspecified atom stereocenters. The molecule has 0 saturated heterocycles. The van der Waals surface area contributed by atoms with Crippen molar-refractivity contribution in [2.75, 3.05) is 6.61 Å². The first-order valence-corrected chi connectivity index (χ1v) is 7.24. The first kappa shape index (κ1) is 15.4. The van der Waals surface area contributed by atoms with Crippen LogP contribution in [-0.2, 0) is 11.2 Å². The van der Waals surface area contributed by atoms with E-state index in [9.17, 15) is 4.79 Å². The van der Waals surface area contributed by atoms with Gasteiger partial charge in [-0.05, 0) is 43.2 Å². The number of ether oxygens (including phenoxy) is 2. The standard InChI is InChI=1S/C17H17ClO3/c1-2-20-15-8-3-4-9-16(15)21-17(19)11-10-13-6-5-7-14(18)12-13/h3-9,12H,2,10-11H2,1H3. The molecular formula is C17H17ClO3. The highest BCUT2D eigenvalue weighted by molar-refractivity contribution is 6.30. The number of aryl methyl sites for hydroxylation is 1. The van der Waals surface area contributed by atoms with Gasteiger partial charge in [0, 0.05) is 11.4 Å². The summed E-state index contributed by atoms with van der Waals surface area (Å²) in [6.45, 7) is 2.41. The molecule has 0 N–H and O–H groups in total. The molecule has 2 rings (SSSR count). The second-order valence-corrected chi connectivity index (χ2v) is 4.92. The number of esters is 1. The normalized spacial score (nSPS) is 10.2. The lowest BCUT2D eigenvalue weighted by Crippen LogP contribution is -2.10. The fourth-order valence-corrected chi connectivity index (χ4v) is 2.13. The molecule has 0 aliphatic heterocycles. The summed E-state index contributed by atoms with van der Waals surface area (Å²) in [5.74, 6) is 0.744. The lowest BCUT2D eigenvalue weighted by atomic mass is 10.1. The van der Waals surface area contributed by atoms with Gasteiger partial charge in [-0.3, -0.25) is 4.79 Å². The topological polar surface area (TPSA) is 35.5 Å². The predicted molar refractivity (Wildman–Crippen MR) is 83.0 cm³/mol. The van der Waals surface area contributed by atoms with Crippen LogP contribution in [0.2, 0.25) is 5.02 Å². The number of benzene rings is 2. The molecule has 2 aromatic rings. The maximum atomic E-state index is 11.9. The number of para-hydroxylation sites is 2. The molecule has 2 aromatic carbocycles. The Morgan fingerprint density at radius 3 is 2.57 bits per heavy atom. The van der Waals surface area contributed by atoms with E-state index in [-0.39, 0.29) is 5.97 Å². The first-order chi connectivity index (χ1) is 10.2. The molecule has 0 aliphatic rings. The molecule has 0 spiro atoms. The lowest BCUT2D eigenvalue weighted by Gasteiger charge is -2.10. The van der Waals surface area contributed by atoms with Crippen molar-refractivity contribution < 1.29 is 14.3 Å². The highest BCUT2D eigenvalue weighted by Crippen LogP contribution is 2.26. The van der Waals surface area contributed by atoms with E-state index in [1.165, 1.54) is 0 Å². The minimum absolute atomic E-state index is 0.290. The van der Waals surface area contributed by atoms with Gasteiger partial charge in [-0.15, -0.1) is 0 Å². The third kappa shape index (κ3) is 4.80. The summed E-state index contributed by atoms with van der Waals surface area (Å²) in [5.41, 5.74) is 1.01. The Labute approximate surface area is 129 Å². The summed E-state index contributed by atoms with van der Waals surface area (Å²) < 4.78 is 10.8. The van der Waals surface area contributed by atoms with Crippen LogP contribution < -0.4 is 9.47 Å². The zero-order valence-electron chi connectivity index (χ0n) is 11.8. The highest BCUT2D eigenvalue weighted by atomic mass is 35.5. The summed E-state index contributed by atoms with van der Waals surface area (Å²) in [6, 6.07) is 14.6. The summed E-state index contributed by atoms with van der Waals surface area (Å²) >= 11 is 5.91. The van der Waals surface area contributed by atoms with Crippen LogP contribution >= 0.6 is 11.6 Å². The lowest BCUT2D eigenvalue weighted by molar-refractivity contribution is -0.134. The van der Waals surface area contributed by atoms with Crippen molar-refractivity contribution >= 4 is 17.6 Å². The van der Waals surface area contributed by atoms with Crippen molar-refractivity contribution in [2.24, 2.45) is 0 Å². The number of carbonyl (C=O) groups excluding carboxylic acids is 1. The number of hydrogen-bond donors (Lipinski definition) is 0. The van der Waals surface area contributed by atoms with Gasteiger partial charge >= 0.3 is 5.97 Å². The van der Waals surface area contributed by atoms with E-state index >= 15 is 0 Å². The van der Waals surface area contributed by atoms with Crippen LogP contribution in [0.3, 0.4) is 0 Å². The van der Waals surface area contributed by atoms with Gasteiger partial charge in [-0.25, -0.2) is 0 Å². The van der Waals surface area contributed by atoms with Gasteiger partial charge < -0.3 is 9.47 Å². The van der Waals surface area contributed by atoms with Gasteiger partial charge in [-0.1, -0.05) is 35.9 Å². The molecule has 3 nitrogen and oxygen atoms in total. The Hall–Kier alpha value is -2.00. The van der Waals surface area contributed by atoms with Crippen LogP contribution in [0.1, 0.15) is 18.9 Å². The summed E-state index contributed by atoms with van der Waals surface area (Å²) in [5, 5.41) is 0.669. The SMILES string of the molecule is CCOc1ccccc1OC(=O)CCc1cccc(Cl)c1. The van der Waals surface area contributed by atoms with E-state index in [1.807, 2.05) is 43.3 Å². The molecular weight excluding hydrogens is 288 g/mol. The largest absolute Gasteiger partial charge is 0.490 e. The molecule has 0 heterocycles. The molecule has 4 heteroatoms. The molecule has 0 aromatic heterocycles. The highest BCUT2D eigenvalue weighted by Gasteiger charge is 2.10. The van der Waals surface area contributed by atoms with Gasteiger partial charge in [0.25, 0.3) is 0 Å². The van der Waals surface area contributed by atoms with Crippen LogP contribution in [0, 0.1) is 0 Å². The molecule has 110 valence electrons. The van der Waals surface area contributed by atoms with E-state index in [2.05, 4.69) is 0 Å². The van der Waals surface area contributed by atoms with Crippen LogP contribution in [0.4, 0.5) is 0 Å². The monoisotopic (exact) mass is 304 g/mol. The van der Waals surface area contributed by atoms with E-state index in [4.69, 9.17) is 21.1 Å². The minimum atomic E-state index is -0.290. The maximum Gasteiger partial charge on any atom is 0.311 e. The van der Waals surface area contributed by atoms with E-state index in [0.717, 1.165) is 5.56 Å². The number of hydrogen-bond acceptors (Lipinski definition) is 3. The molecule has 0 bridgehead atoms. The van der Waals surface area contributed by atoms with Gasteiger partial charge in [0.2, 0.25) is 0 Å². The van der Waals surface area contributed by atoms with Crippen molar-refractivity contribution in [1.82, 2.24) is 0 Å². The Morgan fingerprint density at radius 1 is 1.10 bits per heavy atom. The van der Waals surface area contributed by atoms with Gasteiger partial charge in [-0.2, -0.15) is 0 Å². The number of halogens is 1. The molecule has 0 amide bonds. The van der Waals surface area contributed by atoms with Gasteiger partial charge in [0.05, 0.1) is 6.61 Å². The molecule has 21 heavy (non-hydrogen) atoms. The summed E-state index contributed by atoms with van der Waals surface area (Å²) in [7, 11) is 0. The molecule has 0 aliphatic carbocycles. The number of rotatable bonds is 6. The van der Waals surface area contributed by atoms with E-state index in [0.29, 0.717) is 36.0 Å². The average Bonchev–Trinajstić information content (AvgIpc) is 2.48. The average molecular weight is 305 g/mol. The molecule has 0 fully saturated rings. The quantitative estimate of drug-likeness (QED) is 0.590. The van der Waals surface area contributed by atoms with Gasteiger partial charge in [0.1, 0.15) is 0 Å². The van der Waals surface area contributed by atoms with E-state index in [1.54, 1.807) is 12.1 Å². The summed E-state index contributed by atoms with van der Waals surface area (Å²) in [4.78, 5) is 11.9. The fourth-order valence-electron chi connectivity index (χ4n) is 1.92. The van der Waals surface area contributed by atoms with E-state index < -0.39 is 0 Å². The van der Waals surface area contributed by atoms with Crippen molar-refractivity contribution in [2.45, 2.75) is 19.8 Å². The summed E-state index contributed by atoms with van der Waals surface area (Å²) in [6.07, 6.45) is 0.886. The smallest absolute Gasteiger partial charge is 0.311 e. The number of carbonyl (C=O) groups is 1. The van der Waals surface area contributed by atoms with Crippen molar-refractivity contribution in [1.29, 1.82) is 0 Å². The predicted octanol–water partition coefficient (Wildman–Crippen LogP) is 4.28. The minimum Gasteiger partial charge on any atom is -0.490 e. The van der Waals surface area contributed by atoms with Crippen LogP contribution in [0.15, 0.2) is 48.5 Å². The third-order valence-electron chi connectivity index (χ3n) is 2.88. The Morgan fingerprint density at radius 2 is 1.86 bits per heavy atom. The van der Waals surface area contributed by atoms with Crippen molar-refractivity contribution in [3.8, 4) is 11.5 Å². The second kappa shape index (κ2) is 7.70. The van der Waals surface area contributed by atoms with Crippen LogP contribution in [0.5, 0.6) is 11.5 Å². The third-order valence-corrected chi connectivity index (χ3v) is 3.11. The van der Waals surface area contributed by atoms with Crippen molar-refractivity contribution in [3.63, 3.8) is 0 Å². The Bertz CT molecular complexity index is 610. The zero-order valence-corrected chi connectivity index (χ0v) is 12.6. The zero-order chi connectivity index (χ0) is 15.1. The molecule has 0 saturated carbocycles.